The zero-order valence-electron chi connectivity index (χ0n) is 62.9. The van der Waals surface area contributed by atoms with Gasteiger partial charge < -0.3 is 0 Å². The van der Waals surface area contributed by atoms with Gasteiger partial charge in [0.15, 0.2) is 0 Å². The Morgan fingerprint density at radius 2 is 0.282 bits per heavy atom. The van der Waals surface area contributed by atoms with Crippen LogP contribution in [0.15, 0.2) is 97.1 Å². The molecule has 0 atom stereocenters. The minimum absolute atomic E-state index is 0.0927. The maximum Gasteiger partial charge on any atom is 0.460 e. The molecule has 4 aromatic carbocycles. The van der Waals surface area contributed by atoms with E-state index in [1.54, 1.807) is 0 Å². The van der Waals surface area contributed by atoms with E-state index in [-0.39, 0.29) is 42.0 Å². The van der Waals surface area contributed by atoms with Gasteiger partial charge in [-0.1, -0.05) is 170 Å². The molecule has 0 saturated heterocycles. The van der Waals surface area contributed by atoms with Crippen LogP contribution in [0.3, 0.4) is 0 Å². The molecule has 0 heterocycles. The molecule has 0 N–H and O–H groups in total. The largest absolute Gasteiger partial charge is 0.460 e. The van der Waals surface area contributed by atoms with Crippen LogP contribution in [0.1, 0.15) is 25.7 Å². The van der Waals surface area contributed by atoms with Gasteiger partial charge in [0.05, 0.1) is 32.3 Å². The summed E-state index contributed by atoms with van der Waals surface area (Å²) in [6, 6.07) is 9.41. The molecule has 0 aliphatic carbocycles. The van der Waals surface area contributed by atoms with Crippen molar-refractivity contribution < 1.29 is 228 Å². The molecule has 714 valence electrons. The maximum atomic E-state index is 15.2. The Kier molecular flexibility index (Phi) is 30.2. The molecule has 0 amide bonds. The highest BCUT2D eigenvalue weighted by Gasteiger charge is 2.95. The Morgan fingerprint density at radius 3 is 0.395 bits per heavy atom. The molecule has 4 aromatic rings. The Hall–Kier alpha value is -5.03. The lowest BCUT2D eigenvalue weighted by atomic mass is 9.93. The van der Waals surface area contributed by atoms with E-state index in [1.807, 2.05) is 0 Å². The average molecular weight is 2020 g/mol. The Bertz CT molecular complexity index is 3730. The molecule has 0 nitrogen and oxygen atoms in total. The zero-order valence-corrected chi connectivity index (χ0v) is 68.6. The molecule has 0 aliphatic heterocycles. The first-order chi connectivity index (χ1) is 54.2. The zero-order chi connectivity index (χ0) is 98.2. The van der Waals surface area contributed by atoms with E-state index < -0.39 is 253 Å². The van der Waals surface area contributed by atoms with Gasteiger partial charge in [-0.2, -0.15) is 228 Å². The molecule has 0 saturated carbocycles. The van der Waals surface area contributed by atoms with Crippen molar-refractivity contribution in [2.75, 3.05) is 12.3 Å². The van der Waals surface area contributed by atoms with E-state index in [2.05, 4.69) is 0 Å². The highest BCUT2D eigenvalue weighted by molar-refractivity contribution is 7.76. The summed E-state index contributed by atoms with van der Waals surface area (Å²) in [4.78, 5) is 0. The minimum atomic E-state index is -8.31. The molecular weight excluding hydrogens is 1950 g/mol. The number of alkyl halides is 52. The molecular formula is C66H60F52P2Si4. The van der Waals surface area contributed by atoms with Gasteiger partial charge in [0.1, 0.15) is 0 Å². The van der Waals surface area contributed by atoms with Crippen molar-refractivity contribution in [1.82, 2.24) is 0 Å². The van der Waals surface area contributed by atoms with Crippen LogP contribution in [-0.2, 0) is 0 Å². The van der Waals surface area contributed by atoms with Crippen molar-refractivity contribution in [2.45, 2.75) is 245 Å². The molecule has 0 fully saturated rings. The lowest BCUT2D eigenvalue weighted by Crippen LogP contribution is -2.70. The van der Waals surface area contributed by atoms with Crippen LogP contribution < -0.4 is 42.0 Å². The third-order valence-electron chi connectivity index (χ3n) is 20.6. The first-order valence-corrected chi connectivity index (χ1v) is 49.9. The minimum Gasteiger partial charge on any atom is -0.200 e. The van der Waals surface area contributed by atoms with E-state index in [0.29, 0.717) is 0 Å². The second-order valence-electron chi connectivity index (χ2n) is 31.0. The highest BCUT2D eigenvalue weighted by Crippen LogP contribution is 2.67. The first-order valence-electron chi connectivity index (χ1n) is 34.0. The summed E-state index contributed by atoms with van der Waals surface area (Å²) in [5.74, 6) is -156. The third-order valence-corrected chi connectivity index (χ3v) is 39.6. The molecule has 0 aromatic heterocycles. The highest BCUT2D eigenvalue weighted by atomic mass is 31.1. The van der Waals surface area contributed by atoms with Gasteiger partial charge in [0, 0.05) is 25.7 Å². The third kappa shape index (κ3) is 19.0. The van der Waals surface area contributed by atoms with Crippen molar-refractivity contribution in [2.24, 2.45) is 0 Å². The Balaban J connectivity index is 2.00. The number of hydrogen-bond donors (Lipinski definition) is 0. The lowest BCUT2D eigenvalue weighted by molar-refractivity contribution is -0.440. The molecule has 4 rings (SSSR count). The van der Waals surface area contributed by atoms with Crippen molar-refractivity contribution >= 4 is 90.1 Å². The van der Waals surface area contributed by atoms with Gasteiger partial charge in [-0.05, 0) is 73.6 Å². The quantitative estimate of drug-likeness (QED) is 0.0237. The van der Waals surface area contributed by atoms with E-state index in [4.69, 9.17) is 0 Å². The smallest absolute Gasteiger partial charge is 0.200 e. The van der Waals surface area contributed by atoms with Crippen LogP contribution in [0.4, 0.5) is 228 Å². The first kappa shape index (κ1) is 111. The monoisotopic (exact) mass is 2010 g/mol. The standard InChI is InChI=1S/C66H60F52P2Si4/c1-121(2,31-25-43(67,68)47(75,76)51(83,84)55(91,92)59(99,100)63(107,108)109)39-17-9-35(10-18-39)119(36-11-19-40(20-12-36)122(3,4)32-26-44(69,70)48(77,78)52(85,86)56(93,94)60(101,102)64(110,111)112)29-30-120(37-13-21-41(22-14-37)123(5,6)33-27-45(71,72)49(79,80)53(87,88)57(95,96)61(103,104)65(113,114)115)38-15-23-42(24-16-38)124(7,8)34-28-46(73,74)50(81,82)54(89,90)58(97,98)62(105,106)66(116,117)118/h9-24H,25-34H2,1-8H3. The van der Waals surface area contributed by atoms with Crippen molar-refractivity contribution in [3.8, 4) is 0 Å². The van der Waals surface area contributed by atoms with Gasteiger partial charge in [-0.3, -0.25) is 0 Å². The SMILES string of the molecule is C[Si](C)(CCC(F)(F)C(F)(F)C(F)(F)C(F)(F)C(F)(F)C(F)(F)F)c1ccc(P(CCP(c2ccc([Si](C)(C)CCC(F)(F)C(F)(F)C(F)(F)C(F)(F)C(F)(F)C(F)(F)F)cc2)c2ccc([Si](C)(C)CCC(F)(F)C(F)(F)C(F)(F)C(F)(F)C(F)(F)C(F)(F)F)cc2)c2ccc([Si](C)(C)CCC(F)(F)C(F)(F)C(F)(F)C(F)(F)C(F)(F)C(F)(F)F)cc2)cc1. The topological polar surface area (TPSA) is 0 Å². The predicted molar refractivity (Wildman–Crippen MR) is 357 cm³/mol. The van der Waals surface area contributed by atoms with Crippen LogP contribution >= 0.6 is 15.8 Å². The summed E-state index contributed by atoms with van der Waals surface area (Å²) in [5, 5.41) is -1.49. The van der Waals surface area contributed by atoms with Gasteiger partial charge in [0.2, 0.25) is 0 Å². The number of halogens is 52. The van der Waals surface area contributed by atoms with Gasteiger partial charge >= 0.3 is 143 Å². The lowest BCUT2D eigenvalue weighted by Gasteiger charge is -2.40. The van der Waals surface area contributed by atoms with E-state index in [9.17, 15) is 193 Å². The van der Waals surface area contributed by atoms with Crippen LogP contribution in [0.25, 0.3) is 0 Å². The van der Waals surface area contributed by atoms with E-state index >= 15 is 35.1 Å². The van der Waals surface area contributed by atoms with E-state index in [1.165, 1.54) is 0 Å². The maximum absolute atomic E-state index is 15.2. The average Bonchev–Trinajstić information content (AvgIpc) is 0.723. The second-order valence-corrected chi connectivity index (χ2v) is 55.1. The van der Waals surface area contributed by atoms with Crippen LogP contribution in [-0.4, -0.2) is 188 Å². The predicted octanol–water partition coefficient (Wildman–Crippen LogP) is 25.4. The number of hydrogen-bond acceptors (Lipinski definition) is 0. The van der Waals surface area contributed by atoms with Gasteiger partial charge in [0.25, 0.3) is 0 Å². The van der Waals surface area contributed by atoms with Crippen molar-refractivity contribution in [1.29, 1.82) is 0 Å². The van der Waals surface area contributed by atoms with Crippen molar-refractivity contribution in [3.05, 3.63) is 97.1 Å². The second kappa shape index (κ2) is 33.7. The fourth-order valence-corrected chi connectivity index (χ4v) is 26.1. The summed E-state index contributed by atoms with van der Waals surface area (Å²) in [6.07, 6.45) is -43.0. The Morgan fingerprint density at radius 1 is 0.169 bits per heavy atom. The normalized spacial score (nSPS) is 15.9. The molecule has 0 radical (unpaired) electrons. The number of rotatable bonds is 39. The van der Waals surface area contributed by atoms with Crippen LogP contribution in [0.2, 0.25) is 76.6 Å². The van der Waals surface area contributed by atoms with Crippen LogP contribution in [0.5, 0.6) is 0 Å². The summed E-state index contributed by atoms with van der Waals surface area (Å²) in [6.45, 7) is 7.47. The van der Waals surface area contributed by atoms with Crippen molar-refractivity contribution in [3.63, 3.8) is 0 Å². The molecule has 124 heavy (non-hydrogen) atoms. The summed E-state index contributed by atoms with van der Waals surface area (Å²) in [7, 11) is -21.3. The van der Waals surface area contributed by atoms with E-state index in [0.717, 1.165) is 149 Å². The van der Waals surface area contributed by atoms with Gasteiger partial charge in [-0.25, -0.2) is 0 Å². The molecule has 0 aliphatic rings. The fourth-order valence-electron chi connectivity index (χ4n) is 11.7. The summed E-state index contributed by atoms with van der Waals surface area (Å²) >= 11 is 0. The van der Waals surface area contributed by atoms with Crippen LogP contribution in [0, 0.1) is 0 Å². The molecule has 58 heteroatoms. The molecule has 0 unspecified atom stereocenters. The van der Waals surface area contributed by atoms with Gasteiger partial charge in [-0.15, -0.1) is 0 Å². The molecule has 0 spiro atoms. The fraction of sp³-hybridized carbons (Fsp3) is 0.636. The summed E-state index contributed by atoms with van der Waals surface area (Å²) in [5.41, 5.74) is 0. The Labute approximate surface area is 671 Å². The number of benzene rings is 4. The molecule has 0 bridgehead atoms. The summed E-state index contributed by atoms with van der Waals surface area (Å²) < 4.78 is 732.